The summed E-state index contributed by atoms with van der Waals surface area (Å²) >= 11 is 5.50. The number of carbonyl (C=O) groups is 1. The Kier molecular flexibility index (Phi) is 2.88. The Morgan fingerprint density at radius 1 is 1.69 bits per heavy atom. The molecule has 0 saturated heterocycles. The number of nitrogen functional groups attached to an aromatic ring is 1. The number of rotatable bonds is 2. The number of hydrogen-bond acceptors (Lipinski definition) is 2. The molecule has 0 aliphatic rings. The maximum Gasteiger partial charge on any atom is 0.152 e. The van der Waals surface area contributed by atoms with Crippen LogP contribution in [0.1, 0.15) is 21.5 Å². The van der Waals surface area contributed by atoms with Crippen LogP contribution in [0.5, 0.6) is 0 Å². The van der Waals surface area contributed by atoms with Crippen molar-refractivity contribution < 1.29 is 9.18 Å². The number of nitrogens with two attached hydrogens (primary N) is 1. The summed E-state index contributed by atoms with van der Waals surface area (Å²) in [5.41, 5.74) is 6.52. The molecule has 0 aliphatic heterocycles. The number of aryl methyl sites for hydroxylation is 1. The van der Waals surface area contributed by atoms with Crippen LogP contribution in [-0.4, -0.2) is 6.29 Å². The van der Waals surface area contributed by atoms with Crippen molar-refractivity contribution in [3.63, 3.8) is 0 Å². The number of halogens is 2. The van der Waals surface area contributed by atoms with Crippen molar-refractivity contribution in [3.8, 4) is 0 Å². The molecule has 0 aliphatic carbocycles. The SMILES string of the molecule is Cc1cc(C=O)c(N)c(CCl)c1F. The van der Waals surface area contributed by atoms with Crippen LogP contribution in [0.4, 0.5) is 10.1 Å². The summed E-state index contributed by atoms with van der Waals surface area (Å²) in [6.45, 7) is 1.57. The van der Waals surface area contributed by atoms with Crippen molar-refractivity contribution >= 4 is 23.6 Å². The molecular weight excluding hydrogens is 193 g/mol. The molecule has 1 rings (SSSR count). The second-order valence-corrected chi connectivity index (χ2v) is 3.01. The Balaban J connectivity index is 3.47. The second kappa shape index (κ2) is 3.75. The fraction of sp³-hybridized carbons (Fsp3) is 0.222. The Hall–Kier alpha value is -1.09. The molecule has 0 saturated carbocycles. The van der Waals surface area contributed by atoms with Crippen LogP contribution in [0.2, 0.25) is 0 Å². The molecule has 0 heterocycles. The fourth-order valence-corrected chi connectivity index (χ4v) is 1.39. The minimum atomic E-state index is -0.432. The first kappa shape index (κ1) is 9.99. The van der Waals surface area contributed by atoms with Crippen molar-refractivity contribution in [2.24, 2.45) is 0 Å². The lowest BCUT2D eigenvalue weighted by molar-refractivity contribution is 0.112. The highest BCUT2D eigenvalue weighted by atomic mass is 35.5. The van der Waals surface area contributed by atoms with Crippen molar-refractivity contribution in [3.05, 3.63) is 28.6 Å². The van der Waals surface area contributed by atoms with Gasteiger partial charge in [0.1, 0.15) is 5.82 Å². The third-order valence-corrected chi connectivity index (χ3v) is 2.15. The van der Waals surface area contributed by atoms with E-state index in [1.807, 2.05) is 0 Å². The van der Waals surface area contributed by atoms with Crippen LogP contribution in [0.25, 0.3) is 0 Å². The molecule has 1 aromatic carbocycles. The topological polar surface area (TPSA) is 43.1 Å². The van der Waals surface area contributed by atoms with Gasteiger partial charge in [-0.2, -0.15) is 0 Å². The first-order valence-electron chi connectivity index (χ1n) is 3.70. The maximum absolute atomic E-state index is 13.3. The highest BCUT2D eigenvalue weighted by Gasteiger charge is 2.12. The first-order valence-corrected chi connectivity index (χ1v) is 4.23. The normalized spacial score (nSPS) is 10.1. The molecule has 2 nitrogen and oxygen atoms in total. The fourth-order valence-electron chi connectivity index (χ4n) is 1.13. The van der Waals surface area contributed by atoms with E-state index < -0.39 is 5.82 Å². The van der Waals surface area contributed by atoms with Gasteiger partial charge in [-0.15, -0.1) is 11.6 Å². The number of benzene rings is 1. The summed E-state index contributed by atoms with van der Waals surface area (Å²) in [5, 5.41) is 0. The van der Waals surface area contributed by atoms with Gasteiger partial charge in [-0.3, -0.25) is 4.79 Å². The smallest absolute Gasteiger partial charge is 0.152 e. The quantitative estimate of drug-likeness (QED) is 0.453. The predicted octanol–water partition coefficient (Wildman–Crippen LogP) is 2.27. The van der Waals surface area contributed by atoms with Crippen LogP contribution < -0.4 is 5.73 Å². The number of alkyl halides is 1. The van der Waals surface area contributed by atoms with E-state index in [1.54, 1.807) is 6.92 Å². The van der Waals surface area contributed by atoms with Gasteiger partial charge >= 0.3 is 0 Å². The summed E-state index contributed by atoms with van der Waals surface area (Å²) in [6.07, 6.45) is 0.595. The third kappa shape index (κ3) is 1.65. The van der Waals surface area contributed by atoms with E-state index in [0.717, 1.165) is 0 Å². The molecule has 4 heteroatoms. The number of anilines is 1. The zero-order valence-corrected chi connectivity index (χ0v) is 7.86. The van der Waals surface area contributed by atoms with Gasteiger partial charge in [-0.25, -0.2) is 4.39 Å². The second-order valence-electron chi connectivity index (χ2n) is 2.74. The van der Waals surface area contributed by atoms with E-state index >= 15 is 0 Å². The lowest BCUT2D eigenvalue weighted by atomic mass is 10.0. The number of aldehydes is 1. The molecule has 0 amide bonds. The Morgan fingerprint density at radius 3 is 2.77 bits per heavy atom. The first-order chi connectivity index (χ1) is 6.11. The lowest BCUT2D eigenvalue weighted by Gasteiger charge is -2.08. The van der Waals surface area contributed by atoms with E-state index in [-0.39, 0.29) is 22.7 Å². The standard InChI is InChI=1S/C9H9ClFNO/c1-5-2-6(4-13)9(12)7(3-10)8(5)11/h2,4H,3,12H2,1H3. The van der Waals surface area contributed by atoms with E-state index in [1.165, 1.54) is 6.07 Å². The van der Waals surface area contributed by atoms with Gasteiger partial charge in [0.25, 0.3) is 0 Å². The average Bonchev–Trinajstić information content (AvgIpc) is 2.12. The summed E-state index contributed by atoms with van der Waals surface area (Å²) < 4.78 is 13.3. The molecule has 0 radical (unpaired) electrons. The molecule has 2 N–H and O–H groups in total. The van der Waals surface area contributed by atoms with Gasteiger partial charge in [0.2, 0.25) is 0 Å². The Bertz CT molecular complexity index is 352. The van der Waals surface area contributed by atoms with Crippen molar-refractivity contribution in [2.75, 3.05) is 5.73 Å². The van der Waals surface area contributed by atoms with Gasteiger partial charge < -0.3 is 5.73 Å². The minimum absolute atomic E-state index is 0.0276. The van der Waals surface area contributed by atoms with Crippen LogP contribution in [-0.2, 0) is 5.88 Å². The molecule has 0 bridgehead atoms. The van der Waals surface area contributed by atoms with Gasteiger partial charge in [-0.05, 0) is 18.6 Å². The van der Waals surface area contributed by atoms with Crippen LogP contribution in [0, 0.1) is 12.7 Å². The monoisotopic (exact) mass is 201 g/mol. The van der Waals surface area contributed by atoms with Crippen LogP contribution in [0.3, 0.4) is 0 Å². The van der Waals surface area contributed by atoms with Crippen molar-refractivity contribution in [2.45, 2.75) is 12.8 Å². The summed E-state index contributed by atoms with van der Waals surface area (Å²) in [7, 11) is 0. The van der Waals surface area contributed by atoms with Crippen molar-refractivity contribution in [1.82, 2.24) is 0 Å². The number of carbonyl (C=O) groups excluding carboxylic acids is 1. The molecule has 0 aromatic heterocycles. The molecule has 1 aromatic rings. The highest BCUT2D eigenvalue weighted by Crippen LogP contribution is 2.24. The van der Waals surface area contributed by atoms with Crippen molar-refractivity contribution in [1.29, 1.82) is 0 Å². The maximum atomic E-state index is 13.3. The summed E-state index contributed by atoms with van der Waals surface area (Å²) in [6, 6.07) is 1.41. The summed E-state index contributed by atoms with van der Waals surface area (Å²) in [4.78, 5) is 10.5. The van der Waals surface area contributed by atoms with E-state index in [9.17, 15) is 9.18 Å². The van der Waals surface area contributed by atoms with Crippen LogP contribution in [0.15, 0.2) is 6.07 Å². The van der Waals surface area contributed by atoms with E-state index in [4.69, 9.17) is 17.3 Å². The Labute approximate surface area is 80.5 Å². The van der Waals surface area contributed by atoms with Gasteiger partial charge in [0.15, 0.2) is 6.29 Å². The largest absolute Gasteiger partial charge is 0.398 e. The van der Waals surface area contributed by atoms with E-state index in [2.05, 4.69) is 0 Å². The molecular formula is C9H9ClFNO. The number of hydrogen-bond donors (Lipinski definition) is 1. The zero-order chi connectivity index (χ0) is 10.0. The van der Waals surface area contributed by atoms with Gasteiger partial charge in [0.05, 0.1) is 5.88 Å². The zero-order valence-electron chi connectivity index (χ0n) is 7.10. The average molecular weight is 202 g/mol. The molecule has 0 spiro atoms. The van der Waals surface area contributed by atoms with E-state index in [0.29, 0.717) is 11.8 Å². The minimum Gasteiger partial charge on any atom is -0.398 e. The third-order valence-electron chi connectivity index (χ3n) is 1.88. The molecule has 0 fully saturated rings. The molecule has 13 heavy (non-hydrogen) atoms. The Morgan fingerprint density at radius 2 is 2.31 bits per heavy atom. The summed E-state index contributed by atoms with van der Waals surface area (Å²) in [5.74, 6) is -0.460. The van der Waals surface area contributed by atoms with Crippen LogP contribution >= 0.6 is 11.6 Å². The highest BCUT2D eigenvalue weighted by molar-refractivity contribution is 6.17. The lowest BCUT2D eigenvalue weighted by Crippen LogP contribution is -2.03. The predicted molar refractivity (Wildman–Crippen MR) is 50.5 cm³/mol. The molecule has 0 unspecified atom stereocenters. The van der Waals surface area contributed by atoms with Gasteiger partial charge in [0, 0.05) is 16.8 Å². The molecule has 0 atom stereocenters. The molecule has 70 valence electrons. The van der Waals surface area contributed by atoms with Gasteiger partial charge in [-0.1, -0.05) is 0 Å².